The average molecular weight is 500 g/mol. The molecule has 0 amide bonds. The number of sulfonamides is 1. The van der Waals surface area contributed by atoms with Crippen LogP contribution in [-0.4, -0.2) is 38.5 Å². The number of pyridine rings is 1. The van der Waals surface area contributed by atoms with E-state index in [1.165, 1.54) is 60.4 Å². The molecule has 1 saturated heterocycles. The van der Waals surface area contributed by atoms with Gasteiger partial charge in [0.15, 0.2) is 5.82 Å². The van der Waals surface area contributed by atoms with Crippen LogP contribution in [0.4, 0.5) is 10.2 Å². The lowest BCUT2D eigenvalue weighted by Crippen LogP contribution is -2.19. The molecule has 1 fully saturated rings. The Balaban J connectivity index is 1.58. The van der Waals surface area contributed by atoms with Crippen LogP contribution in [-0.2, 0) is 21.2 Å². The van der Waals surface area contributed by atoms with Crippen molar-refractivity contribution in [3.8, 4) is 11.4 Å². The molecule has 0 spiro atoms. The molecule has 1 aliphatic heterocycles. The maximum absolute atomic E-state index is 15.1. The lowest BCUT2D eigenvalue weighted by molar-refractivity contribution is 0.185. The SMILES string of the molecule is COc1cc(C[C@H]2CCOC2)c(F)cc1-n1c(=O)ccc2cc(S(=O)(=O)Nc3ccon3)ccc21. The van der Waals surface area contributed by atoms with Gasteiger partial charge < -0.3 is 14.0 Å². The molecule has 0 bridgehead atoms. The fraction of sp³-hybridized carbons (Fsp3) is 0.250. The summed E-state index contributed by atoms with van der Waals surface area (Å²) in [4.78, 5) is 12.9. The van der Waals surface area contributed by atoms with E-state index in [1.807, 2.05) is 0 Å². The van der Waals surface area contributed by atoms with Crippen LogP contribution in [0, 0.1) is 11.7 Å². The molecule has 11 heteroatoms. The number of benzene rings is 2. The van der Waals surface area contributed by atoms with E-state index in [-0.39, 0.29) is 22.3 Å². The summed E-state index contributed by atoms with van der Waals surface area (Å²) in [5.74, 6) is 0.151. The second kappa shape index (κ2) is 9.16. The van der Waals surface area contributed by atoms with Crippen molar-refractivity contribution in [2.24, 2.45) is 5.92 Å². The first kappa shape index (κ1) is 23.1. The maximum Gasteiger partial charge on any atom is 0.263 e. The van der Waals surface area contributed by atoms with Crippen molar-refractivity contribution in [3.05, 3.63) is 76.5 Å². The lowest BCUT2D eigenvalue weighted by atomic mass is 9.97. The number of hydrogen-bond donors (Lipinski definition) is 1. The third-order valence-electron chi connectivity index (χ3n) is 5.97. The summed E-state index contributed by atoms with van der Waals surface area (Å²) < 4.78 is 59.8. The maximum atomic E-state index is 15.1. The number of nitrogens with one attached hydrogen (secondary N) is 1. The van der Waals surface area contributed by atoms with Crippen LogP contribution in [0.25, 0.3) is 16.6 Å². The summed E-state index contributed by atoms with van der Waals surface area (Å²) in [5, 5.41) is 4.01. The molecule has 35 heavy (non-hydrogen) atoms. The van der Waals surface area contributed by atoms with E-state index in [2.05, 4.69) is 14.4 Å². The molecule has 1 N–H and O–H groups in total. The van der Waals surface area contributed by atoms with Gasteiger partial charge in [-0.3, -0.25) is 14.1 Å². The number of nitrogens with zero attached hydrogens (tertiary/aromatic N) is 2. The zero-order valence-electron chi connectivity index (χ0n) is 18.7. The van der Waals surface area contributed by atoms with Crippen LogP contribution >= 0.6 is 0 Å². The largest absolute Gasteiger partial charge is 0.495 e. The van der Waals surface area contributed by atoms with Gasteiger partial charge in [0.2, 0.25) is 0 Å². The zero-order chi connectivity index (χ0) is 24.6. The van der Waals surface area contributed by atoms with Crippen molar-refractivity contribution in [1.82, 2.24) is 9.72 Å². The van der Waals surface area contributed by atoms with Crippen LogP contribution in [0.3, 0.4) is 0 Å². The first-order valence-electron chi connectivity index (χ1n) is 10.9. The van der Waals surface area contributed by atoms with Crippen molar-refractivity contribution in [2.45, 2.75) is 17.7 Å². The minimum atomic E-state index is -3.95. The third-order valence-corrected chi connectivity index (χ3v) is 7.33. The van der Waals surface area contributed by atoms with Gasteiger partial charge in [-0.25, -0.2) is 12.8 Å². The van der Waals surface area contributed by atoms with Gasteiger partial charge in [-0.1, -0.05) is 5.16 Å². The Morgan fingerprint density at radius 3 is 2.77 bits per heavy atom. The van der Waals surface area contributed by atoms with Gasteiger partial charge in [0.25, 0.3) is 15.6 Å². The summed E-state index contributed by atoms with van der Waals surface area (Å²) in [5.41, 5.74) is 0.695. The number of rotatable bonds is 7. The normalized spacial score (nSPS) is 16.0. The minimum Gasteiger partial charge on any atom is -0.495 e. The second-order valence-electron chi connectivity index (χ2n) is 8.27. The minimum absolute atomic E-state index is 0.0366. The number of halogens is 1. The highest BCUT2D eigenvalue weighted by Crippen LogP contribution is 2.31. The van der Waals surface area contributed by atoms with E-state index in [0.29, 0.717) is 41.9 Å². The summed E-state index contributed by atoms with van der Waals surface area (Å²) in [6, 6.07) is 11.3. The number of ether oxygens (including phenoxy) is 2. The van der Waals surface area contributed by atoms with Gasteiger partial charge >= 0.3 is 0 Å². The number of fused-ring (bicyclic) bond motifs is 1. The predicted molar refractivity (Wildman–Crippen MR) is 126 cm³/mol. The van der Waals surface area contributed by atoms with E-state index < -0.39 is 21.4 Å². The summed E-state index contributed by atoms with van der Waals surface area (Å²) in [6.45, 7) is 1.25. The van der Waals surface area contributed by atoms with E-state index in [9.17, 15) is 13.2 Å². The number of anilines is 1. The molecule has 0 aliphatic carbocycles. The Bertz CT molecular complexity index is 1540. The van der Waals surface area contributed by atoms with Crippen LogP contribution in [0.5, 0.6) is 5.75 Å². The van der Waals surface area contributed by atoms with Crippen LogP contribution in [0.2, 0.25) is 0 Å². The van der Waals surface area contributed by atoms with Crippen LogP contribution < -0.4 is 15.0 Å². The standard InChI is InChI=1S/C24H22FN3O6S/c1-32-22-12-17(10-15-6-8-33-14-15)19(25)13-21(22)28-20-4-3-18(11-16(20)2-5-24(28)29)35(30,31)27-23-7-9-34-26-23/h2-5,7,9,11-13,15H,6,8,10,14H2,1H3,(H,26,27)/t15-/m1/s1. The van der Waals surface area contributed by atoms with E-state index in [0.717, 1.165) is 6.42 Å². The Hall–Kier alpha value is -3.70. The fourth-order valence-corrected chi connectivity index (χ4v) is 5.26. The molecule has 2 aromatic heterocycles. The van der Waals surface area contributed by atoms with Crippen LogP contribution in [0.15, 0.2) is 69.0 Å². The van der Waals surface area contributed by atoms with E-state index in [1.54, 1.807) is 6.07 Å². The molecule has 2 aromatic carbocycles. The van der Waals surface area contributed by atoms with Crippen molar-refractivity contribution < 1.29 is 26.8 Å². The van der Waals surface area contributed by atoms with Crippen LogP contribution in [0.1, 0.15) is 12.0 Å². The molecule has 4 aromatic rings. The molecule has 9 nitrogen and oxygen atoms in total. The van der Waals surface area contributed by atoms with E-state index >= 15 is 4.39 Å². The van der Waals surface area contributed by atoms with E-state index in [4.69, 9.17) is 9.47 Å². The highest BCUT2D eigenvalue weighted by Gasteiger charge is 2.22. The quantitative estimate of drug-likeness (QED) is 0.414. The Kier molecular flexibility index (Phi) is 6.03. The van der Waals surface area contributed by atoms with Gasteiger partial charge in [0.05, 0.1) is 23.2 Å². The number of aromatic nitrogens is 2. The number of methoxy groups -OCH3 is 1. The van der Waals surface area contributed by atoms with Gasteiger partial charge in [-0.15, -0.1) is 0 Å². The van der Waals surface area contributed by atoms with Gasteiger partial charge in [0.1, 0.15) is 17.8 Å². The van der Waals surface area contributed by atoms with Crippen molar-refractivity contribution in [1.29, 1.82) is 0 Å². The fourth-order valence-electron chi connectivity index (χ4n) is 4.24. The summed E-state index contributed by atoms with van der Waals surface area (Å²) in [6.07, 6.45) is 2.62. The number of hydrogen-bond acceptors (Lipinski definition) is 7. The molecule has 182 valence electrons. The first-order chi connectivity index (χ1) is 16.9. The topological polar surface area (TPSA) is 113 Å². The molecule has 0 radical (unpaired) electrons. The average Bonchev–Trinajstić information content (AvgIpc) is 3.54. The molecule has 1 atom stereocenters. The molecular formula is C24H22FN3O6S. The molecule has 0 unspecified atom stereocenters. The molecule has 5 rings (SSSR count). The Morgan fingerprint density at radius 2 is 2.06 bits per heavy atom. The van der Waals surface area contributed by atoms with Gasteiger partial charge in [-0.05, 0) is 54.7 Å². The van der Waals surface area contributed by atoms with Crippen molar-refractivity contribution in [2.75, 3.05) is 25.0 Å². The smallest absolute Gasteiger partial charge is 0.263 e. The predicted octanol–water partition coefficient (Wildman–Crippen LogP) is 3.51. The Labute approximate surface area is 200 Å². The highest BCUT2D eigenvalue weighted by atomic mass is 32.2. The van der Waals surface area contributed by atoms with Crippen molar-refractivity contribution >= 4 is 26.7 Å². The molecular weight excluding hydrogens is 477 g/mol. The van der Waals surface area contributed by atoms with Gasteiger partial charge in [-0.2, -0.15) is 0 Å². The monoisotopic (exact) mass is 499 g/mol. The Morgan fingerprint density at radius 1 is 1.20 bits per heavy atom. The van der Waals surface area contributed by atoms with Crippen molar-refractivity contribution in [3.63, 3.8) is 0 Å². The molecule has 3 heterocycles. The summed E-state index contributed by atoms with van der Waals surface area (Å²) >= 11 is 0. The first-order valence-corrected chi connectivity index (χ1v) is 12.4. The third kappa shape index (κ3) is 4.52. The zero-order valence-corrected chi connectivity index (χ0v) is 19.5. The molecule has 1 aliphatic rings. The highest BCUT2D eigenvalue weighted by molar-refractivity contribution is 7.92. The lowest BCUT2D eigenvalue weighted by Gasteiger charge is -2.17. The summed E-state index contributed by atoms with van der Waals surface area (Å²) in [7, 11) is -2.50. The molecule has 0 saturated carbocycles. The second-order valence-corrected chi connectivity index (χ2v) is 9.95. The van der Waals surface area contributed by atoms with Gasteiger partial charge in [0, 0.05) is 36.8 Å².